The number of rotatable bonds is 8. The number of aliphatic hydroxyl groups is 1. The number of hydrogen-bond acceptors (Lipinski definition) is 21. The normalized spacial score (nSPS) is 23.4. The number of ether oxygens (including phenoxy) is 9. The number of carbonyl (C=O) groups is 5. The molecule has 8 aromatic carbocycles. The molecule has 8 fully saturated rings. The minimum absolute atomic E-state index is 0. The van der Waals surface area contributed by atoms with Gasteiger partial charge >= 0.3 is 89.2 Å². The maximum Gasteiger partial charge on any atom is 2.00 e. The van der Waals surface area contributed by atoms with E-state index in [2.05, 4.69) is 120 Å². The molecule has 3 amide bonds. The Balaban J connectivity index is 0.000000204. The van der Waals surface area contributed by atoms with E-state index in [1.165, 1.54) is 53.5 Å². The number of amidine groups is 1. The van der Waals surface area contributed by atoms with Gasteiger partial charge in [-0.1, -0.05) is 103 Å². The van der Waals surface area contributed by atoms with Crippen LogP contribution in [-0.4, -0.2) is 198 Å². The summed E-state index contributed by atoms with van der Waals surface area (Å²) in [5.41, 5.74) is 9.59. The monoisotopic (exact) mass is 2140 g/mol. The molecule has 0 saturated carbocycles. The van der Waals surface area contributed by atoms with Gasteiger partial charge in [0.25, 0.3) is 0 Å². The van der Waals surface area contributed by atoms with Crippen LogP contribution in [-0.2, 0) is 28.5 Å². The summed E-state index contributed by atoms with van der Waals surface area (Å²) in [5.74, 6) is 8.83. The van der Waals surface area contributed by atoms with E-state index in [1.54, 1.807) is 53.7 Å². The Hall–Kier alpha value is -9.85. The largest absolute Gasteiger partial charge is 2.00 e. The molecule has 8 saturated heterocycles. The maximum atomic E-state index is 13.1. The fourth-order valence-electron chi connectivity index (χ4n) is 23.3. The van der Waals surface area contributed by atoms with Gasteiger partial charge in [0.15, 0.2) is 0 Å². The summed E-state index contributed by atoms with van der Waals surface area (Å²) in [4.78, 5) is 67.1. The first-order valence-corrected chi connectivity index (χ1v) is 50.8. The molecule has 0 aliphatic carbocycles. The van der Waals surface area contributed by atoms with Gasteiger partial charge in [0.2, 0.25) is 0 Å². The molecule has 778 valence electrons. The van der Waals surface area contributed by atoms with Crippen LogP contribution in [0.3, 0.4) is 0 Å². The topological polar surface area (TPSA) is 339 Å². The Labute approximate surface area is 922 Å². The molecule has 12 unspecified atom stereocenters. The van der Waals surface area contributed by atoms with E-state index in [1.807, 2.05) is 136 Å². The van der Waals surface area contributed by atoms with Crippen molar-refractivity contribution in [2.75, 3.05) is 32.0 Å². The van der Waals surface area contributed by atoms with Crippen LogP contribution in [0, 0.1) is 70.5 Å². The number of halogens is 6. The minimum atomic E-state index is -4.83. The van der Waals surface area contributed by atoms with Gasteiger partial charge in [0, 0.05) is 154 Å². The molecule has 33 heteroatoms. The zero-order valence-corrected chi connectivity index (χ0v) is 93.8. The first-order chi connectivity index (χ1) is 67.6. The van der Waals surface area contributed by atoms with E-state index in [4.69, 9.17) is 71.6 Å². The van der Waals surface area contributed by atoms with E-state index in [-0.39, 0.29) is 155 Å². The summed E-state index contributed by atoms with van der Waals surface area (Å²) in [5, 5.41) is 47.2. The second kappa shape index (κ2) is 51.8. The van der Waals surface area contributed by atoms with Crippen molar-refractivity contribution in [1.29, 1.82) is 21.2 Å². The van der Waals surface area contributed by atoms with Gasteiger partial charge in [0.05, 0.1) is 34.9 Å². The quantitative estimate of drug-likeness (QED) is 0.0186. The number of nitrogens with one attached hydrogen (secondary N) is 2. The average molecular weight is 2140 g/mol. The standard InChI is InChI=1S/C30H39N3O3.C26H28N2O3.C23H19F3N2O2.C21H20N2O.C10H18O5.C2H4Cl2.CH4O.CH3.BrH.Mg.Na.H2O/c1-6-32(7-2)28(31)19-12-15-24-26(18-19)35-25-11-9-8-10-23(25)27(24)20-16-21-13-14-22(17-20)33(21)29(34)36-30(3,4)5;1-26(2,3)31-25(29)28-18-9-10-19(28)14-17(13-18)24-20-6-4-5-7-22(20)30-23-12-16(15-27)8-11-21(23)24;24-23(25,26)22(29)28-15-6-7-16(28)11-14(10-15)21-17-3-1-2-4-19(17)30-20-9-13(12-27)5-8-18(20)21;22-12-13-5-8-18-20(9-13)24-19-4-2-1-3-17(19)21(18)14-10-15-6-7-16(11-14)23-15;1-9(2,3)14-7(11)13-8(12)15-10(4,5)6;3-1-2-4;1-2;;;;;/h8-12,15,18,20-22,27,31H,6-7,13-14,16-17H2,1-5H3;4-8,11-12,17-19,24H,9-10,13-14H2,1-3H3;1-5,8-9,14-16,21H,6-7,10-11H2;1-5,8-9,14-16,21,23H,6-7,10-11H2;1-6H3;1-2H2;2H,1H3;1H3;1H;;;1H2/q;;;;;;;-1;;+2;+1;/p-2. The van der Waals surface area contributed by atoms with Crippen molar-refractivity contribution in [3.8, 4) is 64.2 Å². The first kappa shape index (κ1) is 121. The molecule has 12 atom stereocenters. The fourth-order valence-corrected chi connectivity index (χ4v) is 23.3. The van der Waals surface area contributed by atoms with Gasteiger partial charge in [-0.15, -0.1) is 23.2 Å². The number of para-hydroxylation sites is 4. The predicted molar refractivity (Wildman–Crippen MR) is 551 cm³/mol. The van der Waals surface area contributed by atoms with E-state index < -0.39 is 46.8 Å². The van der Waals surface area contributed by atoms with E-state index in [0.717, 1.165) is 133 Å². The van der Waals surface area contributed by atoms with Crippen molar-refractivity contribution in [1.82, 2.24) is 24.9 Å². The Morgan fingerprint density at radius 3 is 0.939 bits per heavy atom. The fraction of sp³-hybridized carbons (Fsp3) is 0.491. The summed E-state index contributed by atoms with van der Waals surface area (Å²) in [6, 6.07) is 64.1. The summed E-state index contributed by atoms with van der Waals surface area (Å²) < 4.78 is 89.4. The summed E-state index contributed by atoms with van der Waals surface area (Å²) >= 11 is 10.1. The summed E-state index contributed by atoms with van der Waals surface area (Å²) in [6.07, 6.45) is 8.03. The number of aliphatic hydroxyl groups excluding tert-OH is 1. The number of carbonyl (C=O) groups excluding carboxylic acids is 5. The van der Waals surface area contributed by atoms with Gasteiger partial charge in [0.1, 0.15) is 74.2 Å². The van der Waals surface area contributed by atoms with Crippen molar-refractivity contribution < 1.29 is 137 Å². The molecule has 8 bridgehead atoms. The molecular formula is C114H136BrCl2F3MgN9NaO16. The van der Waals surface area contributed by atoms with Crippen molar-refractivity contribution in [3.05, 3.63) is 244 Å². The predicted octanol–water partition coefficient (Wildman–Crippen LogP) is 20.0. The number of hydrogen-bond donors (Lipinski definition) is 3. The molecule has 12 aliphatic heterocycles. The second-order valence-electron chi connectivity index (χ2n) is 42.5. The number of amides is 3. The summed E-state index contributed by atoms with van der Waals surface area (Å²) in [6.45, 7) is 27.4. The smallest absolute Gasteiger partial charge is 1.00 e. The van der Waals surface area contributed by atoms with Gasteiger partial charge in [-0.05, 0) is 290 Å². The molecule has 0 radical (unpaired) electrons. The average Bonchev–Trinajstić information content (AvgIpc) is 1.71. The van der Waals surface area contributed by atoms with Crippen molar-refractivity contribution in [3.63, 3.8) is 0 Å². The van der Waals surface area contributed by atoms with Crippen LogP contribution >= 0.6 is 23.2 Å². The van der Waals surface area contributed by atoms with Crippen LogP contribution in [0.1, 0.15) is 290 Å². The second-order valence-corrected chi connectivity index (χ2v) is 43.2. The number of nitriles is 3. The van der Waals surface area contributed by atoms with Crippen LogP contribution in [0.15, 0.2) is 170 Å². The van der Waals surface area contributed by atoms with Gasteiger partial charge in [-0.25, -0.2) is 19.2 Å². The third kappa shape index (κ3) is 28.9. The Morgan fingerprint density at radius 2 is 0.673 bits per heavy atom. The molecule has 12 aliphatic rings. The van der Waals surface area contributed by atoms with Crippen LogP contribution in [0.2, 0.25) is 0 Å². The Morgan fingerprint density at radius 1 is 0.415 bits per heavy atom. The van der Waals surface area contributed by atoms with Crippen LogP contribution < -0.4 is 70.8 Å². The first-order valence-electron chi connectivity index (χ1n) is 49.7. The van der Waals surface area contributed by atoms with Gasteiger partial charge in [-0.3, -0.25) is 10.2 Å². The van der Waals surface area contributed by atoms with Crippen molar-refractivity contribution >= 4 is 82.5 Å². The summed E-state index contributed by atoms with van der Waals surface area (Å²) in [7, 11) is 1.00. The molecule has 25 nitrogen and oxygen atoms in total. The number of fused-ring (bicyclic) bond motifs is 16. The van der Waals surface area contributed by atoms with Gasteiger partial charge in [-0.2, -0.15) is 29.0 Å². The Kier molecular flexibility index (Phi) is 42.5. The molecule has 12 heterocycles. The molecule has 147 heavy (non-hydrogen) atoms. The molecule has 20 rings (SSSR count). The van der Waals surface area contributed by atoms with E-state index in [0.29, 0.717) is 107 Å². The third-order valence-electron chi connectivity index (χ3n) is 28.4. The number of piperidine rings is 4. The van der Waals surface area contributed by atoms with Crippen LogP contribution in [0.5, 0.6) is 46.0 Å². The van der Waals surface area contributed by atoms with Crippen molar-refractivity contribution in [2.24, 2.45) is 23.7 Å². The third-order valence-corrected chi connectivity index (χ3v) is 29.0. The molecule has 0 spiro atoms. The number of benzene rings is 8. The maximum absolute atomic E-state index is 13.1. The van der Waals surface area contributed by atoms with E-state index in [9.17, 15) is 52.9 Å². The molecule has 0 aromatic heterocycles. The molecule has 8 aromatic rings. The van der Waals surface area contributed by atoms with Crippen LogP contribution in [0.4, 0.5) is 32.3 Å². The molecule has 4 N–H and O–H groups in total. The van der Waals surface area contributed by atoms with Crippen LogP contribution in [0.25, 0.3) is 0 Å². The number of nitrogens with zero attached hydrogens (tertiary/aromatic N) is 7. The van der Waals surface area contributed by atoms with Gasteiger partial charge < -0.3 is 103 Å². The van der Waals surface area contributed by atoms with E-state index >= 15 is 0 Å². The minimum Gasteiger partial charge on any atom is -1.00 e. The zero-order chi connectivity index (χ0) is 102. The number of alkyl halides is 5. The molecular weight excluding hydrogens is 2010 g/mol. The van der Waals surface area contributed by atoms with Crippen molar-refractivity contribution in [2.45, 2.75) is 300 Å². The Bertz CT molecular complexity index is 5970. The SMILES string of the molecule is CC(C)(C)OC(=O)N1C2CCC1CC(C1c3ccccc3Oc3cc(C#N)ccc31)C2.CC(C)(C)OC(=O)OC(=O)OC(C)(C)C.CCN(CC)C(=N)c1ccc2c(c1)Oc1ccccc1C2C1CC2CCC(C1)N2C(=O)OC(C)(C)C.CO.ClCCCl.N#Cc1ccc2c(c1)Oc1ccccc1C2C1CC2CCC(C1)N2.N#Cc1ccc2c(c1)Oc1ccccc1C2C1CC2CCC(C1)N2C(=O)C(F)(F)F.[Br-].[CH3-].[Mg+2].[Na+].[OH-]. The zero-order valence-electron chi connectivity index (χ0n) is 87.3.